The number of aliphatic hydroxyl groups excluding tert-OH is 1. The number of methoxy groups -OCH3 is 1. The molecule has 1 heterocycles. The van der Waals surface area contributed by atoms with Crippen molar-refractivity contribution >= 4 is 10.8 Å². The van der Waals surface area contributed by atoms with Crippen LogP contribution in [0.5, 0.6) is 28.7 Å². The van der Waals surface area contributed by atoms with Crippen LogP contribution in [0, 0.1) is 0 Å². The van der Waals surface area contributed by atoms with Crippen molar-refractivity contribution in [3.8, 4) is 39.9 Å². The first-order chi connectivity index (χ1) is 22.0. The van der Waals surface area contributed by atoms with E-state index in [0.29, 0.717) is 17.9 Å². The quantitative estimate of drug-likeness (QED) is 0.173. The summed E-state index contributed by atoms with van der Waals surface area (Å²) in [5.74, 6) is 2.54. The van der Waals surface area contributed by atoms with Gasteiger partial charge in [-0.1, -0.05) is 62.9 Å². The molecule has 0 bridgehead atoms. The Morgan fingerprint density at radius 2 is 1.64 bits per heavy atom. The highest BCUT2D eigenvalue weighted by molar-refractivity contribution is 6.04. The molecule has 1 saturated carbocycles. The van der Waals surface area contributed by atoms with Crippen LogP contribution in [-0.4, -0.2) is 34.6 Å². The van der Waals surface area contributed by atoms with Crippen molar-refractivity contribution in [3.63, 3.8) is 0 Å². The smallest absolute Gasteiger partial charge is 0.161 e. The second-order valence-electron chi connectivity index (χ2n) is 13.1. The summed E-state index contributed by atoms with van der Waals surface area (Å²) in [7, 11) is 1.70. The first-order valence-electron chi connectivity index (χ1n) is 16.8. The third-order valence-electron chi connectivity index (χ3n) is 10.2. The molecule has 1 fully saturated rings. The average molecular weight is 609 g/mol. The average Bonchev–Trinajstić information content (AvgIpc) is 3.05. The Kier molecular flexibility index (Phi) is 8.26. The van der Waals surface area contributed by atoms with E-state index >= 15 is 0 Å². The maximum absolute atomic E-state index is 11.7. The number of benzene rings is 4. The molecule has 1 aliphatic heterocycles. The lowest BCUT2D eigenvalue weighted by Gasteiger charge is -2.38. The topological polar surface area (TPSA) is 88.4 Å². The molecule has 3 unspecified atom stereocenters. The molecule has 0 radical (unpaired) electrons. The molecule has 6 nitrogen and oxygen atoms in total. The highest BCUT2D eigenvalue weighted by Crippen LogP contribution is 2.55. The number of phenolic OH excluding ortho intramolecular Hbond substituents is 2. The maximum Gasteiger partial charge on any atom is 0.161 e. The highest BCUT2D eigenvalue weighted by atomic mass is 16.5. The number of ether oxygens (including phenoxy) is 3. The highest BCUT2D eigenvalue weighted by Gasteiger charge is 2.39. The van der Waals surface area contributed by atoms with Gasteiger partial charge in [0.1, 0.15) is 23.4 Å². The molecule has 45 heavy (non-hydrogen) atoms. The summed E-state index contributed by atoms with van der Waals surface area (Å²) < 4.78 is 19.0. The molecule has 4 aromatic carbocycles. The van der Waals surface area contributed by atoms with Crippen LogP contribution < -0.4 is 14.2 Å². The van der Waals surface area contributed by atoms with Crippen molar-refractivity contribution in [2.45, 2.75) is 102 Å². The summed E-state index contributed by atoms with van der Waals surface area (Å²) in [6.07, 6.45) is 9.84. The molecule has 236 valence electrons. The second kappa shape index (κ2) is 12.5. The molecule has 0 spiro atoms. The van der Waals surface area contributed by atoms with Gasteiger partial charge in [-0.2, -0.15) is 0 Å². The number of fused-ring (bicyclic) bond motifs is 7. The minimum absolute atomic E-state index is 0.0964. The van der Waals surface area contributed by atoms with Gasteiger partial charge in [0.2, 0.25) is 0 Å². The molecule has 4 aromatic rings. The van der Waals surface area contributed by atoms with E-state index in [1.165, 1.54) is 12.0 Å². The van der Waals surface area contributed by atoms with Crippen LogP contribution in [0.25, 0.3) is 21.9 Å². The zero-order valence-electron chi connectivity index (χ0n) is 26.4. The molecule has 0 amide bonds. The van der Waals surface area contributed by atoms with E-state index in [2.05, 4.69) is 13.0 Å². The SMILES string of the molecule is CCCCCC1Cc2cc(O)c3ccccc3c2-c2c(OC)cc3c(c21)CC(O)C(c1ccc(O)c(OC2CCCCC2)c1)O3. The van der Waals surface area contributed by atoms with E-state index < -0.39 is 12.2 Å². The van der Waals surface area contributed by atoms with Gasteiger partial charge in [0.15, 0.2) is 11.5 Å². The molecule has 3 aliphatic rings. The summed E-state index contributed by atoms with van der Waals surface area (Å²) in [6, 6.07) is 17.2. The van der Waals surface area contributed by atoms with Crippen LogP contribution in [0.4, 0.5) is 0 Å². The molecule has 2 aliphatic carbocycles. The van der Waals surface area contributed by atoms with Gasteiger partial charge in [-0.05, 0) is 90.3 Å². The van der Waals surface area contributed by atoms with E-state index in [4.69, 9.17) is 14.2 Å². The van der Waals surface area contributed by atoms with Crippen molar-refractivity contribution in [1.82, 2.24) is 0 Å². The van der Waals surface area contributed by atoms with Crippen molar-refractivity contribution in [2.75, 3.05) is 7.11 Å². The Hall–Kier alpha value is -3.90. The number of rotatable bonds is 8. The minimum atomic E-state index is -0.781. The van der Waals surface area contributed by atoms with Crippen molar-refractivity contribution in [2.24, 2.45) is 0 Å². The van der Waals surface area contributed by atoms with Gasteiger partial charge < -0.3 is 29.5 Å². The Morgan fingerprint density at radius 3 is 2.42 bits per heavy atom. The number of hydrogen-bond donors (Lipinski definition) is 3. The Morgan fingerprint density at radius 1 is 0.844 bits per heavy atom. The summed E-state index contributed by atoms with van der Waals surface area (Å²) in [6.45, 7) is 2.22. The van der Waals surface area contributed by atoms with Crippen LogP contribution in [0.1, 0.15) is 99.0 Å². The summed E-state index contributed by atoms with van der Waals surface area (Å²) >= 11 is 0. The number of aromatic hydroxyl groups is 2. The van der Waals surface area contributed by atoms with E-state index in [-0.39, 0.29) is 17.8 Å². The van der Waals surface area contributed by atoms with E-state index in [9.17, 15) is 15.3 Å². The van der Waals surface area contributed by atoms with E-state index in [1.54, 1.807) is 13.2 Å². The van der Waals surface area contributed by atoms with E-state index in [0.717, 1.165) is 108 Å². The van der Waals surface area contributed by atoms with E-state index in [1.807, 2.05) is 42.5 Å². The fourth-order valence-corrected chi connectivity index (χ4v) is 7.99. The van der Waals surface area contributed by atoms with Crippen molar-refractivity contribution in [3.05, 3.63) is 76.9 Å². The van der Waals surface area contributed by atoms with Crippen LogP contribution in [-0.2, 0) is 12.8 Å². The predicted molar refractivity (Wildman–Crippen MR) is 177 cm³/mol. The van der Waals surface area contributed by atoms with Crippen molar-refractivity contribution in [1.29, 1.82) is 0 Å². The fourth-order valence-electron chi connectivity index (χ4n) is 7.99. The second-order valence-corrected chi connectivity index (χ2v) is 13.1. The van der Waals surface area contributed by atoms with Gasteiger partial charge in [-0.3, -0.25) is 0 Å². The minimum Gasteiger partial charge on any atom is -0.507 e. The summed E-state index contributed by atoms with van der Waals surface area (Å²) in [5, 5.41) is 35.1. The maximum atomic E-state index is 11.7. The number of phenols is 2. The third-order valence-corrected chi connectivity index (χ3v) is 10.2. The largest absolute Gasteiger partial charge is 0.507 e. The fraction of sp³-hybridized carbons (Fsp3) is 0.436. The van der Waals surface area contributed by atoms with Crippen LogP contribution in [0.2, 0.25) is 0 Å². The summed E-state index contributed by atoms with van der Waals surface area (Å²) in [4.78, 5) is 0. The third kappa shape index (κ3) is 5.48. The molecule has 6 heteroatoms. The number of unbranched alkanes of at least 4 members (excludes halogenated alkanes) is 2. The lowest BCUT2D eigenvalue weighted by atomic mass is 9.71. The zero-order valence-corrected chi connectivity index (χ0v) is 26.4. The first kappa shape index (κ1) is 29.8. The molecule has 0 aromatic heterocycles. The van der Waals surface area contributed by atoms with Crippen LogP contribution in [0.3, 0.4) is 0 Å². The van der Waals surface area contributed by atoms with Gasteiger partial charge >= 0.3 is 0 Å². The first-order valence-corrected chi connectivity index (χ1v) is 16.8. The number of hydrogen-bond acceptors (Lipinski definition) is 6. The summed E-state index contributed by atoms with van der Waals surface area (Å²) in [5.41, 5.74) is 6.30. The van der Waals surface area contributed by atoms with Gasteiger partial charge in [0, 0.05) is 29.0 Å². The molecule has 0 saturated heterocycles. The van der Waals surface area contributed by atoms with Crippen molar-refractivity contribution < 1.29 is 29.5 Å². The Balaban J connectivity index is 1.32. The Bertz CT molecular complexity index is 1700. The van der Waals surface area contributed by atoms with Gasteiger partial charge in [0.05, 0.1) is 19.3 Å². The van der Waals surface area contributed by atoms with Crippen LogP contribution in [0.15, 0.2) is 54.6 Å². The predicted octanol–water partition coefficient (Wildman–Crippen LogP) is 8.90. The van der Waals surface area contributed by atoms with Gasteiger partial charge in [-0.25, -0.2) is 0 Å². The molecule has 3 N–H and O–H groups in total. The lowest BCUT2D eigenvalue weighted by Crippen LogP contribution is -2.32. The lowest BCUT2D eigenvalue weighted by molar-refractivity contribution is 0.0199. The molecular formula is C39H44O6. The Labute approximate surface area is 265 Å². The molecule has 3 atom stereocenters. The standard InChI is InChI=1S/C39H44O6/c1-3-4-6-11-23-18-25-19-31(41)27-14-9-10-15-28(27)37(25)38-35(43-2)22-33-29(36(23)38)21-32(42)39(45-33)24-16-17-30(40)34(20-24)44-26-12-7-5-8-13-26/h9-10,14-17,19-20,22-23,26,32,39-42H,3-8,11-13,18,21H2,1-2H3. The monoisotopic (exact) mass is 608 g/mol. The molecule has 7 rings (SSSR count). The normalized spacial score (nSPS) is 21.0. The van der Waals surface area contributed by atoms with Gasteiger partial charge in [0.25, 0.3) is 0 Å². The molecular weight excluding hydrogens is 564 g/mol. The van der Waals surface area contributed by atoms with Crippen LogP contribution >= 0.6 is 0 Å². The van der Waals surface area contributed by atoms with Gasteiger partial charge in [-0.15, -0.1) is 0 Å². The zero-order chi connectivity index (χ0) is 31.1. The number of aliphatic hydroxyl groups is 1.